The fraction of sp³-hybridized carbons (Fsp3) is 0.0833. The molecule has 0 radical (unpaired) electrons. The van der Waals surface area contributed by atoms with Crippen LogP contribution in [0.5, 0.6) is 0 Å². The van der Waals surface area contributed by atoms with E-state index in [1.54, 1.807) is 55.5 Å². The molecule has 1 unspecified atom stereocenters. The van der Waals surface area contributed by atoms with E-state index in [0.717, 1.165) is 16.5 Å². The van der Waals surface area contributed by atoms with Gasteiger partial charge in [-0.1, -0.05) is 36.4 Å². The Bertz CT molecular complexity index is 1590. The number of carbonyl (C=O) groups excluding carboxylic acids is 1. The number of nitrogens with two attached hydrogens (primary N) is 2. The molecule has 11 heteroatoms. The number of nitrogen functional groups attached to an aromatic ring is 1. The highest BCUT2D eigenvalue weighted by Crippen LogP contribution is 2.31. The Balaban J connectivity index is 1.35. The van der Waals surface area contributed by atoms with Gasteiger partial charge < -0.3 is 11.1 Å². The zero-order chi connectivity index (χ0) is 24.8. The van der Waals surface area contributed by atoms with E-state index in [1.807, 2.05) is 18.2 Å². The summed E-state index contributed by atoms with van der Waals surface area (Å²) >= 11 is 0. The first kappa shape index (κ1) is 22.6. The van der Waals surface area contributed by atoms with Crippen molar-refractivity contribution in [3.05, 3.63) is 78.4 Å². The molecule has 3 aromatic carbocycles. The number of carbonyl (C=O) groups is 1. The predicted molar refractivity (Wildman–Crippen MR) is 133 cm³/mol. The minimum Gasteiger partial charge on any atom is -0.382 e. The number of aromatic amines is 1. The smallest absolute Gasteiger partial charge is 0.263 e. The molecule has 7 N–H and O–H groups in total. The zero-order valence-corrected chi connectivity index (χ0v) is 19.4. The van der Waals surface area contributed by atoms with Crippen LogP contribution in [0.3, 0.4) is 0 Å². The van der Waals surface area contributed by atoms with Gasteiger partial charge in [0, 0.05) is 22.2 Å². The molecule has 0 aliphatic carbocycles. The number of hydroxylamine groups is 1. The molecule has 1 atom stereocenters. The predicted octanol–water partition coefficient (Wildman–Crippen LogP) is 2.73. The molecule has 1 aromatic heterocycles. The molecule has 0 saturated carbocycles. The lowest BCUT2D eigenvalue weighted by atomic mass is 10.0. The third kappa shape index (κ3) is 4.23. The molecule has 1 aliphatic rings. The van der Waals surface area contributed by atoms with Gasteiger partial charge >= 0.3 is 0 Å². The number of amides is 1. The molecule has 2 heterocycles. The fourth-order valence-corrected chi connectivity index (χ4v) is 4.65. The number of rotatable bonds is 5. The summed E-state index contributed by atoms with van der Waals surface area (Å²) in [6.07, 6.45) is 1.69. The van der Waals surface area contributed by atoms with Gasteiger partial charge in [0.05, 0.1) is 16.1 Å². The Labute approximate surface area is 201 Å². The molecule has 1 amide bonds. The number of sulfonamides is 1. The summed E-state index contributed by atoms with van der Waals surface area (Å²) in [5.41, 5.74) is 11.3. The number of H-pyrrole nitrogens is 1. The van der Waals surface area contributed by atoms with Crippen molar-refractivity contribution < 1.29 is 18.0 Å². The summed E-state index contributed by atoms with van der Waals surface area (Å²) in [7, 11) is -3.88. The van der Waals surface area contributed by atoms with Crippen molar-refractivity contribution >= 4 is 44.0 Å². The third-order valence-corrected chi connectivity index (χ3v) is 6.76. The maximum atomic E-state index is 13.0. The number of benzene rings is 3. The van der Waals surface area contributed by atoms with E-state index in [-0.39, 0.29) is 10.8 Å². The number of anilines is 2. The molecule has 0 spiro atoms. The topological polar surface area (TPSA) is 165 Å². The normalized spacial score (nSPS) is 17.7. The van der Waals surface area contributed by atoms with Crippen molar-refractivity contribution in [1.82, 2.24) is 15.7 Å². The molecular formula is C24H22N6O4S. The van der Waals surface area contributed by atoms with E-state index >= 15 is 0 Å². The standard InChI is InChI=1S/C24H22N6O4S/c1-24(13-20(30-34-24)15-8-11-19-18(12-15)22(25)29-28-19)23(31)27-16-9-6-14(7-10-16)17-4-2-3-5-21(17)35(26,32)33/h2-13,30H,1H3,(H,27,31)(H3,25,28,29)(H2,26,32,33). The molecular weight excluding hydrogens is 468 g/mol. The third-order valence-electron chi connectivity index (χ3n) is 5.79. The summed E-state index contributed by atoms with van der Waals surface area (Å²) in [6, 6.07) is 18.8. The van der Waals surface area contributed by atoms with Crippen molar-refractivity contribution in [1.29, 1.82) is 0 Å². The van der Waals surface area contributed by atoms with E-state index in [4.69, 9.17) is 15.7 Å². The number of nitrogens with one attached hydrogen (secondary N) is 3. The molecule has 10 nitrogen and oxygen atoms in total. The first-order valence-electron chi connectivity index (χ1n) is 10.6. The van der Waals surface area contributed by atoms with Gasteiger partial charge in [-0.05, 0) is 48.9 Å². The molecule has 0 fully saturated rings. The lowest BCUT2D eigenvalue weighted by Gasteiger charge is -2.19. The Hall–Kier alpha value is -4.19. The molecule has 0 saturated heterocycles. The second-order valence-corrected chi connectivity index (χ2v) is 9.84. The second kappa shape index (κ2) is 8.24. The van der Waals surface area contributed by atoms with Crippen LogP contribution in [-0.4, -0.2) is 30.1 Å². The summed E-state index contributed by atoms with van der Waals surface area (Å²) in [5.74, 6) is -0.00130. The van der Waals surface area contributed by atoms with Crippen LogP contribution in [0.4, 0.5) is 11.5 Å². The van der Waals surface area contributed by atoms with Crippen LogP contribution in [-0.2, 0) is 19.7 Å². The van der Waals surface area contributed by atoms with Crippen molar-refractivity contribution in [2.45, 2.75) is 17.4 Å². The first-order valence-corrected chi connectivity index (χ1v) is 12.1. The largest absolute Gasteiger partial charge is 0.382 e. The van der Waals surface area contributed by atoms with Crippen molar-refractivity contribution in [3.8, 4) is 11.1 Å². The number of hydrogen-bond donors (Lipinski definition) is 5. The van der Waals surface area contributed by atoms with Gasteiger partial charge in [0.1, 0.15) is 0 Å². The van der Waals surface area contributed by atoms with Gasteiger partial charge in [0.15, 0.2) is 11.4 Å². The Morgan fingerprint density at radius 2 is 1.77 bits per heavy atom. The minimum atomic E-state index is -3.88. The van der Waals surface area contributed by atoms with Gasteiger partial charge in [-0.15, -0.1) is 0 Å². The average Bonchev–Trinajstić information content (AvgIpc) is 3.42. The van der Waals surface area contributed by atoms with Gasteiger partial charge in [-0.25, -0.2) is 13.6 Å². The van der Waals surface area contributed by atoms with Gasteiger partial charge in [-0.3, -0.25) is 20.2 Å². The van der Waals surface area contributed by atoms with Crippen LogP contribution in [0.15, 0.2) is 77.7 Å². The maximum Gasteiger partial charge on any atom is 0.263 e. The molecule has 0 bridgehead atoms. The van der Waals surface area contributed by atoms with Gasteiger partial charge in [0.2, 0.25) is 10.0 Å². The van der Waals surface area contributed by atoms with Crippen molar-refractivity contribution in [3.63, 3.8) is 0 Å². The second-order valence-electron chi connectivity index (χ2n) is 8.31. The van der Waals surface area contributed by atoms with Gasteiger partial charge in [0.25, 0.3) is 5.91 Å². The molecule has 1 aliphatic heterocycles. The maximum absolute atomic E-state index is 13.0. The summed E-state index contributed by atoms with van der Waals surface area (Å²) < 4.78 is 23.8. The fourth-order valence-electron chi connectivity index (χ4n) is 3.89. The highest BCUT2D eigenvalue weighted by molar-refractivity contribution is 7.89. The lowest BCUT2D eigenvalue weighted by Crippen LogP contribution is -2.40. The number of hydrogen-bond acceptors (Lipinski definition) is 7. The van der Waals surface area contributed by atoms with E-state index in [9.17, 15) is 13.2 Å². The van der Waals surface area contributed by atoms with Crippen LogP contribution >= 0.6 is 0 Å². The van der Waals surface area contributed by atoms with Crippen LogP contribution in [0.1, 0.15) is 12.5 Å². The Morgan fingerprint density at radius 3 is 2.51 bits per heavy atom. The van der Waals surface area contributed by atoms with Crippen molar-refractivity contribution in [2.75, 3.05) is 11.1 Å². The summed E-state index contributed by atoms with van der Waals surface area (Å²) in [5, 5.41) is 15.8. The molecule has 4 aromatic rings. The van der Waals surface area contributed by atoms with Crippen LogP contribution < -0.4 is 21.7 Å². The highest BCUT2D eigenvalue weighted by atomic mass is 32.2. The SMILES string of the molecule is CC1(C(=O)Nc2ccc(-c3ccccc3S(N)(=O)=O)cc2)C=C(c2ccc3[nH]nc(N)c3c2)NO1. The molecule has 5 rings (SSSR count). The van der Waals surface area contributed by atoms with Crippen LogP contribution in [0, 0.1) is 0 Å². The van der Waals surface area contributed by atoms with E-state index in [2.05, 4.69) is 21.0 Å². The van der Waals surface area contributed by atoms with Crippen LogP contribution in [0.2, 0.25) is 0 Å². The lowest BCUT2D eigenvalue weighted by molar-refractivity contribution is -0.135. The molecule has 35 heavy (non-hydrogen) atoms. The highest BCUT2D eigenvalue weighted by Gasteiger charge is 2.38. The van der Waals surface area contributed by atoms with E-state index < -0.39 is 15.6 Å². The van der Waals surface area contributed by atoms with Gasteiger partial charge in [-0.2, -0.15) is 5.10 Å². The van der Waals surface area contributed by atoms with Crippen LogP contribution in [0.25, 0.3) is 27.7 Å². The number of fused-ring (bicyclic) bond motifs is 1. The number of primary sulfonamides is 1. The van der Waals surface area contributed by atoms with Crippen molar-refractivity contribution in [2.24, 2.45) is 5.14 Å². The quantitative estimate of drug-likeness (QED) is 0.287. The Kier molecular flexibility index (Phi) is 5.32. The van der Waals surface area contributed by atoms with E-state index in [0.29, 0.717) is 28.3 Å². The average molecular weight is 491 g/mol. The number of aromatic nitrogens is 2. The zero-order valence-electron chi connectivity index (χ0n) is 18.6. The monoisotopic (exact) mass is 490 g/mol. The van der Waals surface area contributed by atoms with E-state index in [1.165, 1.54) is 6.07 Å². The molecule has 178 valence electrons. The summed E-state index contributed by atoms with van der Waals surface area (Å²) in [6.45, 7) is 1.64. The number of nitrogens with zero attached hydrogens (tertiary/aromatic N) is 1. The Morgan fingerprint density at radius 1 is 1.06 bits per heavy atom. The first-order chi connectivity index (χ1) is 16.6. The summed E-state index contributed by atoms with van der Waals surface area (Å²) in [4.78, 5) is 18.7. The minimum absolute atomic E-state index is 0.0303.